The second-order valence-electron chi connectivity index (χ2n) is 9.03. The lowest BCUT2D eigenvalue weighted by Gasteiger charge is -2.34. The number of carbonyl (C=O) groups excluding carboxylic acids is 2. The highest BCUT2D eigenvalue weighted by Gasteiger charge is 2.29. The van der Waals surface area contributed by atoms with Crippen molar-refractivity contribution in [2.75, 3.05) is 32.8 Å². The molecule has 0 radical (unpaired) electrons. The molecule has 0 bridgehead atoms. The molecule has 2 aliphatic rings. The van der Waals surface area contributed by atoms with Crippen molar-refractivity contribution in [2.24, 2.45) is 0 Å². The van der Waals surface area contributed by atoms with Crippen LogP contribution in [-0.4, -0.2) is 60.2 Å². The number of carbonyl (C=O) groups is 2. The van der Waals surface area contributed by atoms with Crippen LogP contribution in [0.2, 0.25) is 0 Å². The summed E-state index contributed by atoms with van der Waals surface area (Å²) in [7, 11) is 0. The number of rotatable bonds is 5. The molecule has 168 valence electrons. The minimum absolute atomic E-state index is 0.215. The third-order valence-electron chi connectivity index (χ3n) is 5.44. The Balaban J connectivity index is 1.76. The average Bonchev–Trinajstić information content (AvgIpc) is 2.73. The van der Waals surface area contributed by atoms with Gasteiger partial charge in [0.25, 0.3) is 0 Å². The number of ether oxygens (including phenoxy) is 2. The normalized spacial score (nSPS) is 17.9. The van der Waals surface area contributed by atoms with Gasteiger partial charge in [0.15, 0.2) is 0 Å². The van der Waals surface area contributed by atoms with E-state index in [1.807, 2.05) is 33.8 Å². The van der Waals surface area contributed by atoms with Gasteiger partial charge in [-0.1, -0.05) is 36.4 Å². The van der Waals surface area contributed by atoms with Crippen molar-refractivity contribution in [1.82, 2.24) is 9.80 Å². The predicted octanol–water partition coefficient (Wildman–Crippen LogP) is 4.32. The summed E-state index contributed by atoms with van der Waals surface area (Å²) in [4.78, 5) is 29.1. The Bertz CT molecular complexity index is 852. The highest BCUT2D eigenvalue weighted by Crippen LogP contribution is 2.30. The van der Waals surface area contributed by atoms with E-state index in [1.165, 1.54) is 5.56 Å². The molecule has 0 saturated carbocycles. The topological polar surface area (TPSA) is 59.1 Å². The molecule has 0 N–H and O–H groups in total. The largest absolute Gasteiger partial charge is 0.463 e. The summed E-state index contributed by atoms with van der Waals surface area (Å²) in [6.45, 7) is 11.3. The van der Waals surface area contributed by atoms with Crippen molar-refractivity contribution in [3.8, 4) is 0 Å². The van der Waals surface area contributed by atoms with Gasteiger partial charge in [-0.25, -0.2) is 9.59 Å². The van der Waals surface area contributed by atoms with E-state index in [2.05, 4.69) is 35.2 Å². The Morgan fingerprint density at radius 1 is 1.06 bits per heavy atom. The maximum Gasteiger partial charge on any atom is 0.410 e. The van der Waals surface area contributed by atoms with Crippen LogP contribution in [0.3, 0.4) is 0 Å². The second-order valence-corrected chi connectivity index (χ2v) is 9.03. The number of benzene rings is 1. The van der Waals surface area contributed by atoms with E-state index in [4.69, 9.17) is 9.47 Å². The minimum atomic E-state index is -0.512. The Morgan fingerprint density at radius 3 is 2.42 bits per heavy atom. The smallest absolute Gasteiger partial charge is 0.410 e. The van der Waals surface area contributed by atoms with Crippen LogP contribution in [0.1, 0.15) is 46.1 Å². The number of hydrogen-bond acceptors (Lipinski definition) is 5. The van der Waals surface area contributed by atoms with Crippen molar-refractivity contribution in [2.45, 2.75) is 52.7 Å². The molecule has 0 fully saturated rings. The standard InChI is InChI=1S/C25H34N2O4/c1-5-30-23(28)21-13-14-26(17-19-9-7-6-8-10-19)18-22(21)20-11-15-27(16-12-20)24(29)31-25(2,3)4/h6-11H,5,12-18H2,1-4H3. The molecule has 0 atom stereocenters. The summed E-state index contributed by atoms with van der Waals surface area (Å²) >= 11 is 0. The Labute approximate surface area is 185 Å². The van der Waals surface area contributed by atoms with Gasteiger partial charge in [-0.05, 0) is 57.2 Å². The number of esters is 1. The van der Waals surface area contributed by atoms with Gasteiger partial charge in [0.05, 0.1) is 6.61 Å². The first-order valence-corrected chi connectivity index (χ1v) is 11.1. The van der Waals surface area contributed by atoms with E-state index in [0.29, 0.717) is 39.1 Å². The molecule has 2 heterocycles. The number of nitrogens with zero attached hydrogens (tertiary/aromatic N) is 2. The van der Waals surface area contributed by atoms with Crippen molar-refractivity contribution < 1.29 is 19.1 Å². The molecule has 2 aliphatic heterocycles. The van der Waals surface area contributed by atoms with Gasteiger partial charge in [-0.3, -0.25) is 4.90 Å². The second kappa shape index (κ2) is 10.1. The zero-order valence-electron chi connectivity index (χ0n) is 19.1. The SMILES string of the molecule is CCOC(=O)C1=C(C2=CCN(C(=O)OC(C)(C)C)CC2)CN(Cc2ccccc2)CC1. The molecule has 0 aromatic heterocycles. The van der Waals surface area contributed by atoms with Crippen molar-refractivity contribution in [3.63, 3.8) is 0 Å². The highest BCUT2D eigenvalue weighted by atomic mass is 16.6. The zero-order chi connectivity index (χ0) is 22.4. The first kappa shape index (κ1) is 23.1. The zero-order valence-corrected chi connectivity index (χ0v) is 19.1. The van der Waals surface area contributed by atoms with E-state index < -0.39 is 5.60 Å². The highest BCUT2D eigenvalue weighted by molar-refractivity contribution is 5.90. The van der Waals surface area contributed by atoms with Crippen molar-refractivity contribution in [3.05, 3.63) is 58.7 Å². The molecule has 6 heteroatoms. The van der Waals surface area contributed by atoms with Gasteiger partial charge in [0.1, 0.15) is 5.60 Å². The summed E-state index contributed by atoms with van der Waals surface area (Å²) in [6, 6.07) is 10.4. The van der Waals surface area contributed by atoms with E-state index in [-0.39, 0.29) is 12.1 Å². The van der Waals surface area contributed by atoms with Gasteiger partial charge < -0.3 is 14.4 Å². The number of hydrogen-bond donors (Lipinski definition) is 0. The quantitative estimate of drug-likeness (QED) is 0.657. The molecular formula is C25H34N2O4. The molecule has 1 aromatic rings. The average molecular weight is 427 g/mol. The van der Waals surface area contributed by atoms with E-state index in [0.717, 1.165) is 29.8 Å². The van der Waals surface area contributed by atoms with Crippen LogP contribution in [-0.2, 0) is 20.8 Å². The molecule has 1 aromatic carbocycles. The third-order valence-corrected chi connectivity index (χ3v) is 5.44. The van der Waals surface area contributed by atoms with Crippen LogP contribution < -0.4 is 0 Å². The molecular weight excluding hydrogens is 392 g/mol. The Morgan fingerprint density at radius 2 is 1.81 bits per heavy atom. The lowest BCUT2D eigenvalue weighted by Crippen LogP contribution is -2.40. The van der Waals surface area contributed by atoms with Gasteiger partial charge >= 0.3 is 12.1 Å². The summed E-state index contributed by atoms with van der Waals surface area (Å²) in [5, 5.41) is 0. The summed E-state index contributed by atoms with van der Waals surface area (Å²) < 4.78 is 10.8. The minimum Gasteiger partial charge on any atom is -0.463 e. The van der Waals surface area contributed by atoms with E-state index in [9.17, 15) is 9.59 Å². The monoisotopic (exact) mass is 426 g/mol. The fraction of sp³-hybridized carbons (Fsp3) is 0.520. The molecule has 1 amide bonds. The molecule has 0 unspecified atom stereocenters. The van der Waals surface area contributed by atoms with Gasteiger partial charge in [-0.15, -0.1) is 0 Å². The molecule has 0 spiro atoms. The maximum absolute atomic E-state index is 12.6. The summed E-state index contributed by atoms with van der Waals surface area (Å²) in [5.74, 6) is -0.215. The Hall–Kier alpha value is -2.60. The van der Waals surface area contributed by atoms with Gasteiger partial charge in [-0.2, -0.15) is 0 Å². The van der Waals surface area contributed by atoms with Gasteiger partial charge in [0.2, 0.25) is 0 Å². The van der Waals surface area contributed by atoms with Crippen LogP contribution in [0.5, 0.6) is 0 Å². The van der Waals surface area contributed by atoms with E-state index >= 15 is 0 Å². The van der Waals surface area contributed by atoms with Crippen LogP contribution in [0, 0.1) is 0 Å². The van der Waals surface area contributed by atoms with Crippen LogP contribution in [0.25, 0.3) is 0 Å². The lowest BCUT2D eigenvalue weighted by atomic mass is 9.90. The van der Waals surface area contributed by atoms with Crippen LogP contribution in [0.15, 0.2) is 53.1 Å². The summed E-state index contributed by atoms with van der Waals surface area (Å²) in [5.41, 5.74) is 3.73. The first-order valence-electron chi connectivity index (χ1n) is 11.1. The predicted molar refractivity (Wildman–Crippen MR) is 121 cm³/mol. The molecule has 31 heavy (non-hydrogen) atoms. The Kier molecular flexibility index (Phi) is 7.55. The fourth-order valence-corrected chi connectivity index (χ4v) is 3.97. The number of amides is 1. The molecule has 3 rings (SSSR count). The third kappa shape index (κ3) is 6.44. The fourth-order valence-electron chi connectivity index (χ4n) is 3.97. The molecule has 0 saturated heterocycles. The van der Waals surface area contributed by atoms with Crippen LogP contribution >= 0.6 is 0 Å². The van der Waals surface area contributed by atoms with Gasteiger partial charge in [0, 0.05) is 38.3 Å². The summed E-state index contributed by atoms with van der Waals surface area (Å²) in [6.07, 6.45) is 3.15. The first-order chi connectivity index (χ1) is 14.8. The van der Waals surface area contributed by atoms with Crippen molar-refractivity contribution in [1.29, 1.82) is 0 Å². The molecule has 6 nitrogen and oxygen atoms in total. The maximum atomic E-state index is 12.6. The molecule has 0 aliphatic carbocycles. The van der Waals surface area contributed by atoms with E-state index in [1.54, 1.807) is 4.90 Å². The van der Waals surface area contributed by atoms with Crippen molar-refractivity contribution >= 4 is 12.1 Å². The lowest BCUT2D eigenvalue weighted by molar-refractivity contribution is -0.138. The van der Waals surface area contributed by atoms with Crippen LogP contribution in [0.4, 0.5) is 4.79 Å².